The Hall–Kier alpha value is -1.68. The molecule has 1 aromatic heterocycles. The molecule has 0 aliphatic rings. The zero-order valence-electron chi connectivity index (χ0n) is 11.8. The van der Waals surface area contributed by atoms with E-state index in [1.807, 2.05) is 11.7 Å². The van der Waals surface area contributed by atoms with Crippen molar-refractivity contribution in [3.63, 3.8) is 0 Å². The summed E-state index contributed by atoms with van der Waals surface area (Å²) in [7, 11) is 1.91. The number of hydrogen-bond donors (Lipinski definition) is 1. The molecule has 0 bridgehead atoms. The largest absolute Gasteiger partial charge is 0.330 e. The highest BCUT2D eigenvalue weighted by atomic mass is 15.3. The molecule has 2 N–H and O–H groups in total. The standard InChI is InChI=1S/C15H22N4/c1-3-4-5-12-6-8-13(9-7-12)15-17-14(10-11-16)19(2)18-15/h6-9H,3-5,10-11,16H2,1-2H3. The third kappa shape index (κ3) is 3.41. The molecule has 2 rings (SSSR count). The Bertz CT molecular complexity index is 513. The molecule has 2 aromatic rings. The number of aryl methyl sites for hydroxylation is 2. The maximum atomic E-state index is 5.56. The van der Waals surface area contributed by atoms with E-state index in [9.17, 15) is 0 Å². The van der Waals surface area contributed by atoms with Crippen molar-refractivity contribution in [2.24, 2.45) is 12.8 Å². The van der Waals surface area contributed by atoms with Gasteiger partial charge in [0, 0.05) is 19.0 Å². The van der Waals surface area contributed by atoms with Gasteiger partial charge in [-0.1, -0.05) is 37.6 Å². The van der Waals surface area contributed by atoms with Crippen molar-refractivity contribution in [2.75, 3.05) is 6.54 Å². The maximum absolute atomic E-state index is 5.56. The van der Waals surface area contributed by atoms with Crippen LogP contribution in [0.1, 0.15) is 31.2 Å². The van der Waals surface area contributed by atoms with Gasteiger partial charge >= 0.3 is 0 Å². The van der Waals surface area contributed by atoms with Gasteiger partial charge in [-0.3, -0.25) is 4.68 Å². The molecule has 0 amide bonds. The fourth-order valence-corrected chi connectivity index (χ4v) is 2.09. The number of unbranched alkanes of at least 4 members (excludes halogenated alkanes) is 1. The summed E-state index contributed by atoms with van der Waals surface area (Å²) in [5, 5.41) is 4.44. The normalized spacial score (nSPS) is 10.9. The van der Waals surface area contributed by atoms with Gasteiger partial charge in [0.2, 0.25) is 0 Å². The molecule has 0 aliphatic carbocycles. The van der Waals surface area contributed by atoms with Crippen LogP contribution < -0.4 is 5.73 Å². The van der Waals surface area contributed by atoms with Gasteiger partial charge < -0.3 is 5.73 Å². The van der Waals surface area contributed by atoms with E-state index in [1.54, 1.807) is 0 Å². The quantitative estimate of drug-likeness (QED) is 0.865. The first kappa shape index (κ1) is 13.7. The SMILES string of the molecule is CCCCc1ccc(-c2nc(CCN)n(C)n2)cc1. The fraction of sp³-hybridized carbons (Fsp3) is 0.467. The van der Waals surface area contributed by atoms with Gasteiger partial charge in [-0.15, -0.1) is 0 Å². The van der Waals surface area contributed by atoms with Gasteiger partial charge in [-0.2, -0.15) is 5.10 Å². The van der Waals surface area contributed by atoms with E-state index in [2.05, 4.69) is 41.3 Å². The molecule has 0 atom stereocenters. The summed E-state index contributed by atoms with van der Waals surface area (Å²) < 4.78 is 1.81. The van der Waals surface area contributed by atoms with E-state index in [0.717, 1.165) is 30.1 Å². The number of benzene rings is 1. The Labute approximate surface area is 114 Å². The highest BCUT2D eigenvalue weighted by molar-refractivity contribution is 5.55. The lowest BCUT2D eigenvalue weighted by molar-refractivity contribution is 0.697. The van der Waals surface area contributed by atoms with Crippen LogP contribution >= 0.6 is 0 Å². The molecule has 4 nitrogen and oxygen atoms in total. The summed E-state index contributed by atoms with van der Waals surface area (Å²) in [4.78, 5) is 4.53. The first-order valence-corrected chi connectivity index (χ1v) is 6.94. The maximum Gasteiger partial charge on any atom is 0.181 e. The molecule has 0 fully saturated rings. The zero-order valence-corrected chi connectivity index (χ0v) is 11.8. The monoisotopic (exact) mass is 258 g/mol. The summed E-state index contributed by atoms with van der Waals surface area (Å²) in [5.41, 5.74) is 8.01. The molecule has 4 heteroatoms. The van der Waals surface area contributed by atoms with Gasteiger partial charge in [-0.25, -0.2) is 4.98 Å². The lowest BCUT2D eigenvalue weighted by Crippen LogP contribution is -2.08. The van der Waals surface area contributed by atoms with Crippen molar-refractivity contribution < 1.29 is 0 Å². The molecule has 19 heavy (non-hydrogen) atoms. The predicted molar refractivity (Wildman–Crippen MR) is 77.8 cm³/mol. The highest BCUT2D eigenvalue weighted by Gasteiger charge is 2.08. The minimum absolute atomic E-state index is 0.599. The Morgan fingerprint density at radius 3 is 2.53 bits per heavy atom. The molecule has 1 aromatic carbocycles. The Kier molecular flexibility index (Phi) is 4.68. The number of aromatic nitrogens is 3. The van der Waals surface area contributed by atoms with Crippen molar-refractivity contribution in [3.05, 3.63) is 35.7 Å². The number of rotatable bonds is 6. The van der Waals surface area contributed by atoms with Crippen LogP contribution in [0.2, 0.25) is 0 Å². The molecule has 0 radical (unpaired) electrons. The second kappa shape index (κ2) is 6.48. The van der Waals surface area contributed by atoms with E-state index in [-0.39, 0.29) is 0 Å². The molecule has 1 heterocycles. The van der Waals surface area contributed by atoms with Crippen LogP contribution in [-0.2, 0) is 19.9 Å². The van der Waals surface area contributed by atoms with Crippen molar-refractivity contribution in [3.8, 4) is 11.4 Å². The molecule has 0 unspecified atom stereocenters. The van der Waals surface area contributed by atoms with E-state index in [1.165, 1.54) is 18.4 Å². The first-order chi connectivity index (χ1) is 9.24. The van der Waals surface area contributed by atoms with Gasteiger partial charge in [0.25, 0.3) is 0 Å². The summed E-state index contributed by atoms with van der Waals surface area (Å²) in [5.74, 6) is 1.72. The first-order valence-electron chi connectivity index (χ1n) is 6.94. The van der Waals surface area contributed by atoms with Gasteiger partial charge in [0.15, 0.2) is 5.82 Å². The highest BCUT2D eigenvalue weighted by Crippen LogP contribution is 2.17. The summed E-state index contributed by atoms with van der Waals surface area (Å²) in [6, 6.07) is 8.55. The van der Waals surface area contributed by atoms with Gasteiger partial charge in [-0.05, 0) is 24.9 Å². The molecule has 0 saturated heterocycles. The minimum atomic E-state index is 0.599. The molecular formula is C15H22N4. The zero-order chi connectivity index (χ0) is 13.7. The summed E-state index contributed by atoms with van der Waals surface area (Å²) in [6.45, 7) is 2.81. The fourth-order valence-electron chi connectivity index (χ4n) is 2.09. The lowest BCUT2D eigenvalue weighted by atomic mass is 10.1. The van der Waals surface area contributed by atoms with Crippen molar-refractivity contribution in [1.29, 1.82) is 0 Å². The average molecular weight is 258 g/mol. The predicted octanol–water partition coefficient (Wildman–Crippen LogP) is 2.33. The summed E-state index contributed by atoms with van der Waals surface area (Å²) >= 11 is 0. The van der Waals surface area contributed by atoms with Crippen molar-refractivity contribution in [2.45, 2.75) is 32.6 Å². The Morgan fingerprint density at radius 1 is 1.16 bits per heavy atom. The van der Waals surface area contributed by atoms with Crippen molar-refractivity contribution >= 4 is 0 Å². The van der Waals surface area contributed by atoms with Crippen LogP contribution in [0.3, 0.4) is 0 Å². The molecule has 0 aliphatic heterocycles. The molecule has 0 spiro atoms. The Morgan fingerprint density at radius 2 is 1.89 bits per heavy atom. The molecular weight excluding hydrogens is 236 g/mol. The Balaban J connectivity index is 2.15. The minimum Gasteiger partial charge on any atom is -0.330 e. The van der Waals surface area contributed by atoms with Crippen LogP contribution in [0.5, 0.6) is 0 Å². The van der Waals surface area contributed by atoms with Crippen LogP contribution in [0, 0.1) is 0 Å². The van der Waals surface area contributed by atoms with E-state index in [0.29, 0.717) is 6.54 Å². The lowest BCUT2D eigenvalue weighted by Gasteiger charge is -2.00. The van der Waals surface area contributed by atoms with Crippen molar-refractivity contribution in [1.82, 2.24) is 14.8 Å². The summed E-state index contributed by atoms with van der Waals surface area (Å²) in [6.07, 6.45) is 4.37. The van der Waals surface area contributed by atoms with Gasteiger partial charge in [0.1, 0.15) is 5.82 Å². The second-order valence-electron chi connectivity index (χ2n) is 4.81. The van der Waals surface area contributed by atoms with Crippen LogP contribution in [-0.4, -0.2) is 21.3 Å². The van der Waals surface area contributed by atoms with E-state index < -0.39 is 0 Å². The third-order valence-corrected chi connectivity index (χ3v) is 3.25. The van der Waals surface area contributed by atoms with E-state index >= 15 is 0 Å². The van der Waals surface area contributed by atoms with Crippen LogP contribution in [0.4, 0.5) is 0 Å². The molecule has 102 valence electrons. The average Bonchev–Trinajstić information content (AvgIpc) is 2.79. The molecule has 0 saturated carbocycles. The third-order valence-electron chi connectivity index (χ3n) is 3.25. The van der Waals surface area contributed by atoms with Gasteiger partial charge in [0.05, 0.1) is 0 Å². The number of hydrogen-bond acceptors (Lipinski definition) is 3. The topological polar surface area (TPSA) is 56.7 Å². The van der Waals surface area contributed by atoms with Crippen LogP contribution in [0.25, 0.3) is 11.4 Å². The number of nitrogens with zero attached hydrogens (tertiary/aromatic N) is 3. The van der Waals surface area contributed by atoms with Crippen LogP contribution in [0.15, 0.2) is 24.3 Å². The van der Waals surface area contributed by atoms with E-state index in [4.69, 9.17) is 5.73 Å². The second-order valence-corrected chi connectivity index (χ2v) is 4.81. The smallest absolute Gasteiger partial charge is 0.181 e. The number of nitrogens with two attached hydrogens (primary N) is 1.